The lowest BCUT2D eigenvalue weighted by Gasteiger charge is -2.28. The molecule has 114 valence electrons. The zero-order valence-electron chi connectivity index (χ0n) is 13.1. The van der Waals surface area contributed by atoms with Gasteiger partial charge in [0.1, 0.15) is 11.3 Å². The summed E-state index contributed by atoms with van der Waals surface area (Å²) >= 11 is 0. The van der Waals surface area contributed by atoms with Crippen molar-refractivity contribution in [3.05, 3.63) is 24.2 Å². The first-order valence-corrected chi connectivity index (χ1v) is 7.43. The van der Waals surface area contributed by atoms with Crippen LogP contribution in [0.15, 0.2) is 18.3 Å². The number of fused-ring (bicyclic) bond motifs is 1. The lowest BCUT2D eigenvalue weighted by Crippen LogP contribution is -2.36. The molecule has 1 atom stereocenters. The van der Waals surface area contributed by atoms with Gasteiger partial charge in [0, 0.05) is 19.2 Å². The summed E-state index contributed by atoms with van der Waals surface area (Å²) in [5, 5.41) is 9.61. The lowest BCUT2D eigenvalue weighted by atomic mass is 9.76. The van der Waals surface area contributed by atoms with Gasteiger partial charge in [-0.05, 0) is 31.4 Å². The normalized spacial score (nSPS) is 14.5. The zero-order valence-corrected chi connectivity index (χ0v) is 13.1. The van der Waals surface area contributed by atoms with E-state index in [9.17, 15) is 9.90 Å². The Balaban J connectivity index is 2.50. The van der Waals surface area contributed by atoms with Gasteiger partial charge in [0.05, 0.1) is 5.41 Å². The van der Waals surface area contributed by atoms with Gasteiger partial charge in [0.25, 0.3) is 0 Å². The molecular weight excluding hydrogens is 266 g/mol. The summed E-state index contributed by atoms with van der Waals surface area (Å²) in [6.07, 6.45) is 3.12. The SMILES string of the molecule is CCCn1c(CC(C)(C(=O)O)C(C)C)nc2cccnc21. The second-order valence-corrected chi connectivity index (χ2v) is 6.08. The van der Waals surface area contributed by atoms with Crippen LogP contribution in [-0.2, 0) is 17.8 Å². The predicted octanol–water partition coefficient (Wildman–Crippen LogP) is 3.13. The molecule has 0 aromatic carbocycles. The highest BCUT2D eigenvalue weighted by molar-refractivity contribution is 5.75. The molecule has 0 aliphatic rings. The fraction of sp³-hybridized carbons (Fsp3) is 0.562. The van der Waals surface area contributed by atoms with E-state index in [-0.39, 0.29) is 5.92 Å². The van der Waals surface area contributed by atoms with Crippen molar-refractivity contribution < 1.29 is 9.90 Å². The van der Waals surface area contributed by atoms with Crippen LogP contribution in [0.1, 0.15) is 39.9 Å². The van der Waals surface area contributed by atoms with Gasteiger partial charge in [0.15, 0.2) is 5.65 Å². The Bertz CT molecular complexity index is 648. The van der Waals surface area contributed by atoms with Crippen LogP contribution in [-0.4, -0.2) is 25.6 Å². The van der Waals surface area contributed by atoms with E-state index in [4.69, 9.17) is 0 Å². The van der Waals surface area contributed by atoms with Crippen molar-refractivity contribution in [2.75, 3.05) is 0 Å². The number of aromatic nitrogens is 3. The molecule has 0 fully saturated rings. The minimum atomic E-state index is -0.827. The molecule has 0 aliphatic heterocycles. The van der Waals surface area contributed by atoms with Crippen molar-refractivity contribution >= 4 is 17.1 Å². The van der Waals surface area contributed by atoms with E-state index in [1.165, 1.54) is 0 Å². The van der Waals surface area contributed by atoms with Crippen LogP contribution in [0.5, 0.6) is 0 Å². The van der Waals surface area contributed by atoms with Gasteiger partial charge < -0.3 is 9.67 Å². The summed E-state index contributed by atoms with van der Waals surface area (Å²) in [4.78, 5) is 20.7. The molecular formula is C16H23N3O2. The Labute approximate surface area is 125 Å². The number of carboxylic acid groups (broad SMARTS) is 1. The van der Waals surface area contributed by atoms with Crippen LogP contribution >= 0.6 is 0 Å². The molecule has 0 aliphatic carbocycles. The number of carbonyl (C=O) groups is 1. The third-order valence-electron chi connectivity index (χ3n) is 4.32. The molecule has 1 unspecified atom stereocenters. The van der Waals surface area contributed by atoms with Gasteiger partial charge in [0.2, 0.25) is 0 Å². The molecule has 0 saturated carbocycles. The third-order valence-corrected chi connectivity index (χ3v) is 4.32. The quantitative estimate of drug-likeness (QED) is 0.887. The minimum Gasteiger partial charge on any atom is -0.481 e. The van der Waals surface area contributed by atoms with Crippen LogP contribution < -0.4 is 0 Å². The molecule has 0 spiro atoms. The Morgan fingerprint density at radius 2 is 2.19 bits per heavy atom. The smallest absolute Gasteiger partial charge is 0.310 e. The Morgan fingerprint density at radius 3 is 2.76 bits per heavy atom. The van der Waals surface area contributed by atoms with Crippen molar-refractivity contribution in [3.63, 3.8) is 0 Å². The monoisotopic (exact) mass is 289 g/mol. The van der Waals surface area contributed by atoms with Crippen LogP contribution in [0.3, 0.4) is 0 Å². The standard InChI is InChI=1S/C16H23N3O2/c1-5-9-19-13(10-16(4,11(2)3)15(20)21)18-12-7-6-8-17-14(12)19/h6-8,11H,5,9-10H2,1-4H3,(H,20,21). The molecule has 0 saturated heterocycles. The second-order valence-electron chi connectivity index (χ2n) is 6.08. The van der Waals surface area contributed by atoms with Gasteiger partial charge in [-0.25, -0.2) is 9.97 Å². The van der Waals surface area contributed by atoms with E-state index in [1.54, 1.807) is 13.1 Å². The number of imidazole rings is 1. The van der Waals surface area contributed by atoms with Crippen molar-refractivity contribution in [2.24, 2.45) is 11.3 Å². The molecule has 2 aromatic rings. The van der Waals surface area contributed by atoms with E-state index in [1.807, 2.05) is 26.0 Å². The Hall–Kier alpha value is -1.91. The fourth-order valence-electron chi connectivity index (χ4n) is 2.45. The summed E-state index contributed by atoms with van der Waals surface area (Å²) in [6.45, 7) is 8.58. The first-order chi connectivity index (χ1) is 9.90. The average molecular weight is 289 g/mol. The van der Waals surface area contributed by atoms with Gasteiger partial charge in [-0.2, -0.15) is 0 Å². The number of nitrogens with zero attached hydrogens (tertiary/aromatic N) is 3. The first-order valence-electron chi connectivity index (χ1n) is 7.43. The minimum absolute atomic E-state index is 0.0258. The maximum atomic E-state index is 11.7. The molecule has 2 aromatic heterocycles. The Kier molecular flexibility index (Phi) is 4.30. The van der Waals surface area contributed by atoms with Crippen LogP contribution in [0.4, 0.5) is 0 Å². The zero-order chi connectivity index (χ0) is 15.6. The molecule has 0 radical (unpaired) electrons. The van der Waals surface area contributed by atoms with E-state index in [2.05, 4.69) is 21.5 Å². The van der Waals surface area contributed by atoms with Gasteiger partial charge >= 0.3 is 5.97 Å². The molecule has 2 rings (SSSR count). The first kappa shape index (κ1) is 15.5. The third kappa shape index (κ3) is 2.77. The maximum absolute atomic E-state index is 11.7. The maximum Gasteiger partial charge on any atom is 0.310 e. The highest BCUT2D eigenvalue weighted by atomic mass is 16.4. The molecule has 1 N–H and O–H groups in total. The van der Waals surface area contributed by atoms with Crippen LogP contribution in [0.25, 0.3) is 11.2 Å². The average Bonchev–Trinajstić information content (AvgIpc) is 2.77. The number of pyridine rings is 1. The molecule has 0 bridgehead atoms. The molecule has 5 heteroatoms. The van der Waals surface area contributed by atoms with Gasteiger partial charge in [-0.1, -0.05) is 20.8 Å². The van der Waals surface area contributed by atoms with Crippen LogP contribution in [0, 0.1) is 11.3 Å². The molecule has 21 heavy (non-hydrogen) atoms. The number of hydrogen-bond donors (Lipinski definition) is 1. The highest BCUT2D eigenvalue weighted by Crippen LogP contribution is 2.32. The summed E-state index contributed by atoms with van der Waals surface area (Å²) in [7, 11) is 0. The van der Waals surface area contributed by atoms with Crippen LogP contribution in [0.2, 0.25) is 0 Å². The van der Waals surface area contributed by atoms with Gasteiger partial charge in [-0.15, -0.1) is 0 Å². The molecule has 5 nitrogen and oxygen atoms in total. The van der Waals surface area contributed by atoms with Crippen molar-refractivity contribution in [2.45, 2.75) is 47.1 Å². The topological polar surface area (TPSA) is 68.0 Å². The van der Waals surface area contributed by atoms with E-state index < -0.39 is 11.4 Å². The predicted molar refractivity (Wildman–Crippen MR) is 82.1 cm³/mol. The van der Waals surface area contributed by atoms with E-state index >= 15 is 0 Å². The number of rotatable bonds is 6. The Morgan fingerprint density at radius 1 is 1.48 bits per heavy atom. The number of carboxylic acids is 1. The largest absolute Gasteiger partial charge is 0.481 e. The van der Waals surface area contributed by atoms with Crippen molar-refractivity contribution in [1.82, 2.24) is 14.5 Å². The molecule has 2 heterocycles. The van der Waals surface area contributed by atoms with Gasteiger partial charge in [-0.3, -0.25) is 4.79 Å². The summed E-state index contributed by atoms with van der Waals surface area (Å²) in [5.74, 6) is 0.0579. The van der Waals surface area contributed by atoms with E-state index in [0.717, 1.165) is 30.0 Å². The number of aryl methyl sites for hydroxylation is 1. The number of aliphatic carboxylic acids is 1. The summed E-state index contributed by atoms with van der Waals surface area (Å²) < 4.78 is 2.05. The number of hydrogen-bond acceptors (Lipinski definition) is 3. The summed E-state index contributed by atoms with van der Waals surface area (Å²) in [6, 6.07) is 3.78. The highest BCUT2D eigenvalue weighted by Gasteiger charge is 2.38. The summed E-state index contributed by atoms with van der Waals surface area (Å²) in [5.41, 5.74) is 0.843. The fourth-order valence-corrected chi connectivity index (χ4v) is 2.45. The molecule has 0 amide bonds. The van der Waals surface area contributed by atoms with Crippen molar-refractivity contribution in [1.29, 1.82) is 0 Å². The van der Waals surface area contributed by atoms with E-state index in [0.29, 0.717) is 6.42 Å². The van der Waals surface area contributed by atoms with Crippen molar-refractivity contribution in [3.8, 4) is 0 Å². The second kappa shape index (κ2) is 5.84. The lowest BCUT2D eigenvalue weighted by molar-refractivity contribution is -0.150.